The van der Waals surface area contributed by atoms with Crippen molar-refractivity contribution in [1.29, 1.82) is 0 Å². The molecule has 0 aliphatic carbocycles. The van der Waals surface area contributed by atoms with Crippen molar-refractivity contribution in [1.82, 2.24) is 10.6 Å². The zero-order valence-electron chi connectivity index (χ0n) is 9.97. The maximum atomic E-state index is 3.58. The first kappa shape index (κ1) is 12.0. The van der Waals surface area contributed by atoms with E-state index < -0.39 is 0 Å². The minimum absolute atomic E-state index is 0.711. The molecule has 2 heteroatoms. The van der Waals surface area contributed by atoms with Gasteiger partial charge in [0.05, 0.1) is 0 Å². The van der Waals surface area contributed by atoms with Crippen LogP contribution in [0.25, 0.3) is 0 Å². The molecule has 3 atom stereocenters. The third-order valence-corrected chi connectivity index (χ3v) is 3.34. The molecule has 0 bridgehead atoms. The molecule has 0 aromatic heterocycles. The summed E-state index contributed by atoms with van der Waals surface area (Å²) in [7, 11) is 0. The summed E-state index contributed by atoms with van der Waals surface area (Å²) in [5.41, 5.74) is 0. The quantitative estimate of drug-likeness (QED) is 0.706. The summed E-state index contributed by atoms with van der Waals surface area (Å²) in [6.07, 6.45) is 3.97. The Kier molecular flexibility index (Phi) is 5.49. The molecule has 2 N–H and O–H groups in total. The van der Waals surface area contributed by atoms with Crippen LogP contribution in [-0.2, 0) is 0 Å². The predicted octanol–water partition coefficient (Wildman–Crippen LogP) is 2.01. The Morgan fingerprint density at radius 3 is 2.93 bits per heavy atom. The lowest BCUT2D eigenvalue weighted by atomic mass is 9.94. The van der Waals surface area contributed by atoms with Gasteiger partial charge in [-0.05, 0) is 37.8 Å². The Labute approximate surface area is 88.8 Å². The average Bonchev–Trinajstić information content (AvgIpc) is 2.17. The molecular formula is C12H26N2. The van der Waals surface area contributed by atoms with Crippen molar-refractivity contribution in [2.24, 2.45) is 11.8 Å². The summed E-state index contributed by atoms with van der Waals surface area (Å²) in [5, 5.41) is 7.14. The molecule has 0 aromatic rings. The van der Waals surface area contributed by atoms with Crippen molar-refractivity contribution in [3.05, 3.63) is 0 Å². The summed E-state index contributed by atoms with van der Waals surface area (Å²) in [4.78, 5) is 0. The highest BCUT2D eigenvalue weighted by Gasteiger charge is 2.17. The number of rotatable bonds is 5. The predicted molar refractivity (Wildman–Crippen MR) is 62.5 cm³/mol. The minimum atomic E-state index is 0.711. The van der Waals surface area contributed by atoms with Gasteiger partial charge in [-0.2, -0.15) is 0 Å². The van der Waals surface area contributed by atoms with E-state index in [0.29, 0.717) is 6.04 Å². The summed E-state index contributed by atoms with van der Waals surface area (Å²) < 4.78 is 0. The molecule has 1 saturated heterocycles. The monoisotopic (exact) mass is 198 g/mol. The van der Waals surface area contributed by atoms with Crippen molar-refractivity contribution in [2.45, 2.75) is 46.1 Å². The van der Waals surface area contributed by atoms with Crippen LogP contribution in [0.5, 0.6) is 0 Å². The third-order valence-electron chi connectivity index (χ3n) is 3.34. The van der Waals surface area contributed by atoms with Crippen molar-refractivity contribution in [3.8, 4) is 0 Å². The van der Waals surface area contributed by atoms with Gasteiger partial charge in [0.1, 0.15) is 0 Å². The molecule has 14 heavy (non-hydrogen) atoms. The SMILES string of the molecule is CCC(C)CNCC1CC(C)CCN1. The third kappa shape index (κ3) is 4.43. The number of piperidine rings is 1. The molecule has 0 aromatic carbocycles. The highest BCUT2D eigenvalue weighted by molar-refractivity contribution is 4.78. The Hall–Kier alpha value is -0.0800. The smallest absolute Gasteiger partial charge is 0.0195 e. The van der Waals surface area contributed by atoms with Gasteiger partial charge < -0.3 is 10.6 Å². The van der Waals surface area contributed by atoms with Gasteiger partial charge in [-0.15, -0.1) is 0 Å². The molecule has 84 valence electrons. The first-order chi connectivity index (χ1) is 6.72. The zero-order chi connectivity index (χ0) is 10.4. The highest BCUT2D eigenvalue weighted by atomic mass is 15.0. The second-order valence-electron chi connectivity index (χ2n) is 4.95. The van der Waals surface area contributed by atoms with Crippen LogP contribution in [0.2, 0.25) is 0 Å². The molecule has 1 heterocycles. The average molecular weight is 198 g/mol. The summed E-state index contributed by atoms with van der Waals surface area (Å²) in [5.74, 6) is 1.72. The fourth-order valence-corrected chi connectivity index (χ4v) is 2.02. The first-order valence-corrected chi connectivity index (χ1v) is 6.16. The van der Waals surface area contributed by atoms with E-state index in [0.717, 1.165) is 18.4 Å². The lowest BCUT2D eigenvalue weighted by molar-refractivity contribution is 0.307. The summed E-state index contributed by atoms with van der Waals surface area (Å²) in [6, 6.07) is 0.711. The highest BCUT2D eigenvalue weighted by Crippen LogP contribution is 2.14. The Bertz CT molecular complexity index is 147. The Morgan fingerprint density at radius 1 is 1.50 bits per heavy atom. The number of hydrogen-bond donors (Lipinski definition) is 2. The van der Waals surface area contributed by atoms with Gasteiger partial charge in [0.2, 0.25) is 0 Å². The molecule has 0 amide bonds. The van der Waals surface area contributed by atoms with Gasteiger partial charge in [0.25, 0.3) is 0 Å². The van der Waals surface area contributed by atoms with Gasteiger partial charge in [-0.25, -0.2) is 0 Å². The fraction of sp³-hybridized carbons (Fsp3) is 1.00. The van der Waals surface area contributed by atoms with E-state index in [2.05, 4.69) is 31.4 Å². The van der Waals surface area contributed by atoms with E-state index in [-0.39, 0.29) is 0 Å². The molecule has 1 aliphatic heterocycles. The maximum Gasteiger partial charge on any atom is 0.0195 e. The lowest BCUT2D eigenvalue weighted by Crippen LogP contribution is -2.44. The van der Waals surface area contributed by atoms with Crippen LogP contribution < -0.4 is 10.6 Å². The molecule has 0 spiro atoms. The van der Waals surface area contributed by atoms with Crippen molar-refractivity contribution >= 4 is 0 Å². The van der Waals surface area contributed by atoms with Crippen LogP contribution in [0.1, 0.15) is 40.0 Å². The number of nitrogens with one attached hydrogen (secondary N) is 2. The molecule has 0 saturated carbocycles. The lowest BCUT2D eigenvalue weighted by Gasteiger charge is -2.28. The molecule has 1 aliphatic rings. The standard InChI is InChI=1S/C12H26N2/c1-4-10(2)8-13-9-12-7-11(3)5-6-14-12/h10-14H,4-9H2,1-3H3. The van der Waals surface area contributed by atoms with Crippen LogP contribution in [0.4, 0.5) is 0 Å². The summed E-state index contributed by atoms with van der Waals surface area (Å²) >= 11 is 0. The first-order valence-electron chi connectivity index (χ1n) is 6.16. The molecule has 0 radical (unpaired) electrons. The number of hydrogen-bond acceptors (Lipinski definition) is 2. The second kappa shape index (κ2) is 6.41. The van der Waals surface area contributed by atoms with E-state index in [1.165, 1.54) is 32.4 Å². The van der Waals surface area contributed by atoms with Gasteiger partial charge >= 0.3 is 0 Å². The zero-order valence-corrected chi connectivity index (χ0v) is 9.97. The minimum Gasteiger partial charge on any atom is -0.315 e. The van der Waals surface area contributed by atoms with E-state index in [1.54, 1.807) is 0 Å². The van der Waals surface area contributed by atoms with Crippen molar-refractivity contribution in [2.75, 3.05) is 19.6 Å². The van der Waals surface area contributed by atoms with Gasteiger partial charge in [0, 0.05) is 12.6 Å². The van der Waals surface area contributed by atoms with Crippen LogP contribution >= 0.6 is 0 Å². The maximum absolute atomic E-state index is 3.58. The summed E-state index contributed by atoms with van der Waals surface area (Å²) in [6.45, 7) is 10.5. The van der Waals surface area contributed by atoms with Gasteiger partial charge in [-0.3, -0.25) is 0 Å². The molecule has 1 rings (SSSR count). The van der Waals surface area contributed by atoms with E-state index >= 15 is 0 Å². The fourth-order valence-electron chi connectivity index (χ4n) is 2.02. The van der Waals surface area contributed by atoms with Crippen molar-refractivity contribution in [3.63, 3.8) is 0 Å². The van der Waals surface area contributed by atoms with E-state index in [9.17, 15) is 0 Å². The largest absolute Gasteiger partial charge is 0.315 e. The van der Waals surface area contributed by atoms with E-state index in [1.807, 2.05) is 0 Å². The van der Waals surface area contributed by atoms with Crippen LogP contribution in [0, 0.1) is 11.8 Å². The van der Waals surface area contributed by atoms with Crippen LogP contribution in [0.3, 0.4) is 0 Å². The Balaban J connectivity index is 2.05. The molecule has 1 fully saturated rings. The molecular weight excluding hydrogens is 172 g/mol. The molecule has 3 unspecified atom stereocenters. The second-order valence-corrected chi connectivity index (χ2v) is 4.95. The van der Waals surface area contributed by atoms with Crippen molar-refractivity contribution < 1.29 is 0 Å². The topological polar surface area (TPSA) is 24.1 Å². The van der Waals surface area contributed by atoms with E-state index in [4.69, 9.17) is 0 Å². The van der Waals surface area contributed by atoms with Gasteiger partial charge in [-0.1, -0.05) is 27.2 Å². The van der Waals surface area contributed by atoms with Gasteiger partial charge in [0.15, 0.2) is 0 Å². The van der Waals surface area contributed by atoms with Crippen LogP contribution in [-0.4, -0.2) is 25.7 Å². The molecule has 2 nitrogen and oxygen atoms in total. The van der Waals surface area contributed by atoms with Crippen LogP contribution in [0.15, 0.2) is 0 Å². The Morgan fingerprint density at radius 2 is 2.29 bits per heavy atom. The normalized spacial score (nSPS) is 30.2.